The van der Waals surface area contributed by atoms with Gasteiger partial charge in [0, 0.05) is 12.3 Å². The van der Waals surface area contributed by atoms with Gasteiger partial charge in [-0.05, 0) is 18.7 Å². The van der Waals surface area contributed by atoms with E-state index in [9.17, 15) is 0 Å². The van der Waals surface area contributed by atoms with Crippen molar-refractivity contribution in [1.29, 1.82) is 0 Å². The van der Waals surface area contributed by atoms with Crippen molar-refractivity contribution < 1.29 is 0 Å². The third-order valence-corrected chi connectivity index (χ3v) is 4.47. The first-order valence-corrected chi connectivity index (χ1v) is 8.03. The molecule has 1 heterocycles. The minimum atomic E-state index is 0.415. The number of aliphatic imine (C=N–C) groups is 1. The van der Waals surface area contributed by atoms with Gasteiger partial charge >= 0.3 is 0 Å². The number of likely N-dealkylation sites (N-methyl/N-ethyl adjacent to an activating group) is 1. The average Bonchev–Trinajstić information content (AvgIpc) is 2.93. The maximum atomic E-state index is 4.66. The van der Waals surface area contributed by atoms with Crippen LogP contribution in [0.3, 0.4) is 0 Å². The summed E-state index contributed by atoms with van der Waals surface area (Å²) in [4.78, 5) is 7.06. The SMILES string of the molecule is CCN(CC)CCN=C1NC(c2ccccc2)CS1. The van der Waals surface area contributed by atoms with E-state index in [1.54, 1.807) is 0 Å². The summed E-state index contributed by atoms with van der Waals surface area (Å²) < 4.78 is 0. The molecule has 1 aromatic carbocycles. The van der Waals surface area contributed by atoms with Crippen LogP contribution in [-0.4, -0.2) is 42.0 Å². The third kappa shape index (κ3) is 4.25. The highest BCUT2D eigenvalue weighted by molar-refractivity contribution is 8.14. The van der Waals surface area contributed by atoms with E-state index in [2.05, 4.69) is 59.4 Å². The van der Waals surface area contributed by atoms with E-state index >= 15 is 0 Å². The van der Waals surface area contributed by atoms with Crippen LogP contribution >= 0.6 is 11.8 Å². The van der Waals surface area contributed by atoms with Gasteiger partial charge in [-0.15, -0.1) is 0 Å². The number of benzene rings is 1. The van der Waals surface area contributed by atoms with Gasteiger partial charge in [0.25, 0.3) is 0 Å². The van der Waals surface area contributed by atoms with Crippen LogP contribution in [-0.2, 0) is 0 Å². The molecule has 0 aliphatic carbocycles. The normalized spacial score (nSPS) is 21.0. The molecule has 1 aliphatic heterocycles. The number of hydrogen-bond donors (Lipinski definition) is 1. The molecule has 2 rings (SSSR count). The predicted octanol–water partition coefficient (Wildman–Crippen LogP) is 2.76. The Morgan fingerprint density at radius 1 is 1.26 bits per heavy atom. The topological polar surface area (TPSA) is 27.6 Å². The first-order chi connectivity index (χ1) is 9.33. The fourth-order valence-electron chi connectivity index (χ4n) is 2.18. The van der Waals surface area contributed by atoms with Crippen LogP contribution < -0.4 is 5.32 Å². The number of nitrogens with zero attached hydrogens (tertiary/aromatic N) is 2. The molecule has 1 atom stereocenters. The van der Waals surface area contributed by atoms with Crippen LogP contribution in [0.4, 0.5) is 0 Å². The minimum absolute atomic E-state index is 0.415. The van der Waals surface area contributed by atoms with E-state index in [0.717, 1.165) is 37.1 Å². The highest BCUT2D eigenvalue weighted by Crippen LogP contribution is 2.25. The van der Waals surface area contributed by atoms with Gasteiger partial charge in [0.2, 0.25) is 0 Å². The summed E-state index contributed by atoms with van der Waals surface area (Å²) >= 11 is 1.83. The fourth-order valence-corrected chi connectivity index (χ4v) is 3.19. The van der Waals surface area contributed by atoms with Crippen molar-refractivity contribution in [1.82, 2.24) is 10.2 Å². The molecule has 0 bridgehead atoms. The molecule has 1 aromatic rings. The minimum Gasteiger partial charge on any atom is -0.357 e. The standard InChI is InChI=1S/C15H23N3S/c1-3-18(4-2)11-10-16-15-17-14(12-19-15)13-8-6-5-7-9-13/h5-9,14H,3-4,10-12H2,1-2H3,(H,16,17). The van der Waals surface area contributed by atoms with Crippen molar-refractivity contribution in [3.05, 3.63) is 35.9 Å². The molecule has 1 fully saturated rings. The highest BCUT2D eigenvalue weighted by Gasteiger charge is 2.21. The zero-order valence-electron chi connectivity index (χ0n) is 11.8. The predicted molar refractivity (Wildman–Crippen MR) is 84.9 cm³/mol. The molecule has 0 spiro atoms. The summed E-state index contributed by atoms with van der Waals surface area (Å²) in [5.41, 5.74) is 1.35. The van der Waals surface area contributed by atoms with Crippen molar-refractivity contribution in [2.24, 2.45) is 4.99 Å². The first-order valence-electron chi connectivity index (χ1n) is 7.04. The van der Waals surface area contributed by atoms with E-state index in [1.165, 1.54) is 5.56 Å². The van der Waals surface area contributed by atoms with Crippen molar-refractivity contribution in [3.63, 3.8) is 0 Å². The second-order valence-corrected chi connectivity index (χ2v) is 5.64. The zero-order chi connectivity index (χ0) is 13.5. The Labute approximate surface area is 120 Å². The van der Waals surface area contributed by atoms with E-state index in [-0.39, 0.29) is 0 Å². The van der Waals surface area contributed by atoms with Crippen LogP contribution in [0.5, 0.6) is 0 Å². The van der Waals surface area contributed by atoms with Crippen molar-refractivity contribution in [2.75, 3.05) is 31.9 Å². The van der Waals surface area contributed by atoms with Gasteiger partial charge in [0.15, 0.2) is 5.17 Å². The van der Waals surface area contributed by atoms with Crippen molar-refractivity contribution >= 4 is 16.9 Å². The molecule has 4 heteroatoms. The van der Waals surface area contributed by atoms with Crippen LogP contribution in [0.2, 0.25) is 0 Å². The Bertz CT molecular complexity index is 401. The Kier molecular flexibility index (Phi) is 5.73. The largest absolute Gasteiger partial charge is 0.357 e. The summed E-state index contributed by atoms with van der Waals surface area (Å²) in [7, 11) is 0. The fraction of sp³-hybridized carbons (Fsp3) is 0.533. The quantitative estimate of drug-likeness (QED) is 0.866. The molecule has 0 saturated carbocycles. The number of amidine groups is 1. The first kappa shape index (κ1) is 14.4. The molecule has 1 aliphatic rings. The molecule has 19 heavy (non-hydrogen) atoms. The van der Waals surface area contributed by atoms with Crippen molar-refractivity contribution in [3.8, 4) is 0 Å². The summed E-state index contributed by atoms with van der Waals surface area (Å²) in [6.07, 6.45) is 0. The van der Waals surface area contributed by atoms with Gasteiger partial charge in [0.1, 0.15) is 0 Å². The van der Waals surface area contributed by atoms with E-state index in [0.29, 0.717) is 6.04 Å². The second kappa shape index (κ2) is 7.56. The van der Waals surface area contributed by atoms with Crippen LogP contribution in [0.15, 0.2) is 35.3 Å². The maximum absolute atomic E-state index is 4.66. The molecule has 0 radical (unpaired) electrons. The molecule has 1 saturated heterocycles. The highest BCUT2D eigenvalue weighted by atomic mass is 32.2. The Morgan fingerprint density at radius 3 is 2.68 bits per heavy atom. The second-order valence-electron chi connectivity index (χ2n) is 4.63. The smallest absolute Gasteiger partial charge is 0.157 e. The number of hydrogen-bond acceptors (Lipinski definition) is 3. The molecule has 1 N–H and O–H groups in total. The van der Waals surface area contributed by atoms with Crippen LogP contribution in [0.1, 0.15) is 25.5 Å². The zero-order valence-corrected chi connectivity index (χ0v) is 12.6. The summed E-state index contributed by atoms with van der Waals surface area (Å²) in [6.45, 7) is 8.55. The lowest BCUT2D eigenvalue weighted by atomic mass is 10.1. The lowest BCUT2D eigenvalue weighted by Crippen LogP contribution is -2.26. The molecule has 0 amide bonds. The van der Waals surface area contributed by atoms with Gasteiger partial charge in [-0.25, -0.2) is 0 Å². The Morgan fingerprint density at radius 2 is 2.00 bits per heavy atom. The van der Waals surface area contributed by atoms with Gasteiger partial charge < -0.3 is 10.2 Å². The van der Waals surface area contributed by atoms with Crippen LogP contribution in [0.25, 0.3) is 0 Å². The lowest BCUT2D eigenvalue weighted by Gasteiger charge is -2.16. The van der Waals surface area contributed by atoms with E-state index in [4.69, 9.17) is 0 Å². The van der Waals surface area contributed by atoms with Gasteiger partial charge in [-0.3, -0.25) is 4.99 Å². The third-order valence-electron chi connectivity index (χ3n) is 3.45. The van der Waals surface area contributed by atoms with E-state index < -0.39 is 0 Å². The Balaban J connectivity index is 1.81. The van der Waals surface area contributed by atoms with Gasteiger partial charge in [-0.1, -0.05) is 55.9 Å². The Hall–Kier alpha value is -1.00. The van der Waals surface area contributed by atoms with Gasteiger partial charge in [-0.2, -0.15) is 0 Å². The maximum Gasteiger partial charge on any atom is 0.157 e. The number of thioether (sulfide) groups is 1. The lowest BCUT2D eigenvalue weighted by molar-refractivity contribution is 0.313. The molecular formula is C15H23N3S. The molecule has 1 unspecified atom stereocenters. The van der Waals surface area contributed by atoms with Gasteiger partial charge in [0.05, 0.1) is 12.6 Å². The van der Waals surface area contributed by atoms with E-state index in [1.807, 2.05) is 11.8 Å². The number of rotatable bonds is 6. The molecule has 3 nitrogen and oxygen atoms in total. The average molecular weight is 277 g/mol. The van der Waals surface area contributed by atoms with Crippen molar-refractivity contribution in [2.45, 2.75) is 19.9 Å². The monoisotopic (exact) mass is 277 g/mol. The van der Waals surface area contributed by atoms with Crippen LogP contribution in [0, 0.1) is 0 Å². The molecular weight excluding hydrogens is 254 g/mol. The summed E-state index contributed by atoms with van der Waals surface area (Å²) in [5, 5.41) is 4.61. The summed E-state index contributed by atoms with van der Waals surface area (Å²) in [6, 6.07) is 11.0. The molecule has 0 aromatic heterocycles. The molecule has 104 valence electrons. The summed E-state index contributed by atoms with van der Waals surface area (Å²) in [5.74, 6) is 1.08. The number of nitrogens with one attached hydrogen (secondary N) is 1.